The smallest absolute Gasteiger partial charge is 0.191 e. The van der Waals surface area contributed by atoms with Crippen LogP contribution in [0.5, 0.6) is 0 Å². The van der Waals surface area contributed by atoms with E-state index < -0.39 is 8.32 Å². The van der Waals surface area contributed by atoms with Crippen molar-refractivity contribution < 1.29 is 4.43 Å². The highest BCUT2D eigenvalue weighted by Gasteiger charge is 2.37. The fourth-order valence-electron chi connectivity index (χ4n) is 1.93. The fraction of sp³-hybridized carbons (Fsp3) is 1.00. The Morgan fingerprint density at radius 1 is 1.31 bits per heavy atom. The molecule has 0 saturated carbocycles. The van der Waals surface area contributed by atoms with Crippen molar-refractivity contribution in [1.29, 1.82) is 0 Å². The van der Waals surface area contributed by atoms with Gasteiger partial charge in [0, 0.05) is 12.6 Å². The summed E-state index contributed by atoms with van der Waals surface area (Å²) in [6.45, 7) is 16.0. The van der Waals surface area contributed by atoms with Gasteiger partial charge in [0.1, 0.15) is 0 Å². The zero-order valence-electron chi connectivity index (χ0n) is 11.9. The van der Waals surface area contributed by atoms with Gasteiger partial charge in [0.15, 0.2) is 8.32 Å². The number of piperidine rings is 1. The van der Waals surface area contributed by atoms with Crippen LogP contribution in [-0.4, -0.2) is 27.5 Å². The standard InChI is InChI=1S/C13H29NOSi/c1-11-9-12(7-8-14-11)10-15-16(5,6)13(2,3)4/h11-12,14H,7-10H2,1-6H3. The lowest BCUT2D eigenvalue weighted by Crippen LogP contribution is -2.44. The molecule has 3 heteroatoms. The van der Waals surface area contributed by atoms with E-state index in [1.165, 1.54) is 12.8 Å². The summed E-state index contributed by atoms with van der Waals surface area (Å²) in [5.74, 6) is 0.769. The Morgan fingerprint density at radius 2 is 1.94 bits per heavy atom. The monoisotopic (exact) mass is 243 g/mol. The molecule has 0 aromatic rings. The normalized spacial score (nSPS) is 28.1. The predicted molar refractivity (Wildman–Crippen MR) is 73.3 cm³/mol. The van der Waals surface area contributed by atoms with Gasteiger partial charge in [-0.05, 0) is 50.4 Å². The minimum atomic E-state index is -1.53. The highest BCUT2D eigenvalue weighted by atomic mass is 28.4. The van der Waals surface area contributed by atoms with Crippen molar-refractivity contribution >= 4 is 8.32 Å². The largest absolute Gasteiger partial charge is 0.417 e. The summed E-state index contributed by atoms with van der Waals surface area (Å²) in [5.41, 5.74) is 0. The highest BCUT2D eigenvalue weighted by molar-refractivity contribution is 6.74. The van der Waals surface area contributed by atoms with Crippen LogP contribution in [0.25, 0.3) is 0 Å². The van der Waals surface area contributed by atoms with Crippen LogP contribution in [0.3, 0.4) is 0 Å². The summed E-state index contributed by atoms with van der Waals surface area (Å²) in [4.78, 5) is 0. The van der Waals surface area contributed by atoms with Crippen molar-refractivity contribution in [1.82, 2.24) is 5.32 Å². The van der Waals surface area contributed by atoms with Crippen LogP contribution in [0, 0.1) is 5.92 Å². The zero-order chi connectivity index (χ0) is 12.4. The number of hydrogen-bond donors (Lipinski definition) is 1. The molecule has 0 amide bonds. The predicted octanol–water partition coefficient (Wildman–Crippen LogP) is 3.40. The Hall–Kier alpha value is 0.137. The van der Waals surface area contributed by atoms with Crippen molar-refractivity contribution in [2.75, 3.05) is 13.2 Å². The Balaban J connectivity index is 2.39. The summed E-state index contributed by atoms with van der Waals surface area (Å²) in [6, 6.07) is 0.668. The molecule has 1 heterocycles. The number of rotatable bonds is 3. The van der Waals surface area contributed by atoms with Gasteiger partial charge in [-0.2, -0.15) is 0 Å². The molecule has 1 fully saturated rings. The van der Waals surface area contributed by atoms with Crippen molar-refractivity contribution in [2.24, 2.45) is 5.92 Å². The molecule has 0 radical (unpaired) electrons. The van der Waals surface area contributed by atoms with Gasteiger partial charge in [-0.25, -0.2) is 0 Å². The summed E-state index contributed by atoms with van der Waals surface area (Å²) >= 11 is 0. The topological polar surface area (TPSA) is 21.3 Å². The van der Waals surface area contributed by atoms with Crippen molar-refractivity contribution in [3.05, 3.63) is 0 Å². The van der Waals surface area contributed by atoms with E-state index in [1.807, 2.05) is 0 Å². The van der Waals surface area contributed by atoms with Crippen LogP contribution in [0.4, 0.5) is 0 Å². The third kappa shape index (κ3) is 3.86. The average Bonchev–Trinajstić information content (AvgIpc) is 2.13. The van der Waals surface area contributed by atoms with Crippen LogP contribution < -0.4 is 5.32 Å². The van der Waals surface area contributed by atoms with Gasteiger partial charge in [-0.1, -0.05) is 20.8 Å². The van der Waals surface area contributed by atoms with E-state index in [-0.39, 0.29) is 0 Å². The van der Waals surface area contributed by atoms with E-state index in [2.05, 4.69) is 46.1 Å². The van der Waals surface area contributed by atoms with E-state index in [0.29, 0.717) is 11.1 Å². The van der Waals surface area contributed by atoms with Crippen molar-refractivity contribution in [3.8, 4) is 0 Å². The summed E-state index contributed by atoms with van der Waals surface area (Å²) in [5, 5.41) is 3.83. The fourth-order valence-corrected chi connectivity index (χ4v) is 3.01. The Labute approximate surface area is 102 Å². The lowest BCUT2D eigenvalue weighted by atomic mass is 9.94. The lowest BCUT2D eigenvalue weighted by molar-refractivity contribution is 0.183. The van der Waals surface area contributed by atoms with Crippen LogP contribution in [0.1, 0.15) is 40.5 Å². The molecule has 96 valence electrons. The van der Waals surface area contributed by atoms with Gasteiger partial charge in [0.05, 0.1) is 0 Å². The molecular weight excluding hydrogens is 214 g/mol. The second-order valence-electron chi connectivity index (χ2n) is 6.82. The SMILES string of the molecule is CC1CC(CO[Si](C)(C)C(C)(C)C)CCN1. The van der Waals surface area contributed by atoms with Crippen molar-refractivity contribution in [2.45, 2.75) is 64.7 Å². The molecule has 1 saturated heterocycles. The summed E-state index contributed by atoms with van der Waals surface area (Å²) in [7, 11) is -1.53. The van der Waals surface area contributed by atoms with E-state index >= 15 is 0 Å². The van der Waals surface area contributed by atoms with Gasteiger partial charge in [-0.15, -0.1) is 0 Å². The first-order chi connectivity index (χ1) is 7.22. The molecule has 1 rings (SSSR count). The van der Waals surface area contributed by atoms with Crippen LogP contribution in [0.2, 0.25) is 18.1 Å². The summed E-state index contributed by atoms with van der Waals surface area (Å²) < 4.78 is 6.29. The lowest BCUT2D eigenvalue weighted by Gasteiger charge is -2.38. The van der Waals surface area contributed by atoms with E-state index in [9.17, 15) is 0 Å². The molecule has 1 aliphatic rings. The zero-order valence-corrected chi connectivity index (χ0v) is 12.9. The highest BCUT2D eigenvalue weighted by Crippen LogP contribution is 2.37. The van der Waals surface area contributed by atoms with E-state index in [1.54, 1.807) is 0 Å². The molecule has 1 N–H and O–H groups in total. The Bertz CT molecular complexity index is 222. The molecule has 0 spiro atoms. The molecule has 0 aromatic carbocycles. The van der Waals surface area contributed by atoms with Crippen LogP contribution >= 0.6 is 0 Å². The molecule has 2 atom stereocenters. The second kappa shape index (κ2) is 5.19. The molecule has 2 nitrogen and oxygen atoms in total. The number of hydrogen-bond acceptors (Lipinski definition) is 2. The first kappa shape index (κ1) is 14.2. The van der Waals surface area contributed by atoms with Crippen molar-refractivity contribution in [3.63, 3.8) is 0 Å². The quantitative estimate of drug-likeness (QED) is 0.767. The first-order valence-electron chi connectivity index (χ1n) is 6.60. The molecule has 16 heavy (non-hydrogen) atoms. The molecule has 2 unspecified atom stereocenters. The molecular formula is C13H29NOSi. The van der Waals surface area contributed by atoms with E-state index in [0.717, 1.165) is 19.1 Å². The molecule has 1 aliphatic heterocycles. The van der Waals surface area contributed by atoms with Gasteiger partial charge in [0.2, 0.25) is 0 Å². The summed E-state index contributed by atoms with van der Waals surface area (Å²) in [6.07, 6.45) is 2.55. The van der Waals surface area contributed by atoms with Gasteiger partial charge < -0.3 is 9.74 Å². The van der Waals surface area contributed by atoms with Gasteiger partial charge >= 0.3 is 0 Å². The third-order valence-corrected chi connectivity index (χ3v) is 8.72. The van der Waals surface area contributed by atoms with Crippen LogP contribution in [0.15, 0.2) is 0 Å². The molecule has 0 bridgehead atoms. The molecule has 0 aliphatic carbocycles. The van der Waals surface area contributed by atoms with Crippen LogP contribution in [-0.2, 0) is 4.43 Å². The second-order valence-corrected chi connectivity index (χ2v) is 11.6. The average molecular weight is 243 g/mol. The first-order valence-corrected chi connectivity index (χ1v) is 9.50. The maximum Gasteiger partial charge on any atom is 0.191 e. The molecule has 0 aromatic heterocycles. The number of nitrogens with one attached hydrogen (secondary N) is 1. The third-order valence-electron chi connectivity index (χ3n) is 4.22. The van der Waals surface area contributed by atoms with Gasteiger partial charge in [0.25, 0.3) is 0 Å². The van der Waals surface area contributed by atoms with E-state index in [4.69, 9.17) is 4.43 Å². The van der Waals surface area contributed by atoms with Gasteiger partial charge in [-0.3, -0.25) is 0 Å². The minimum Gasteiger partial charge on any atom is -0.417 e. The maximum atomic E-state index is 6.29. The maximum absolute atomic E-state index is 6.29. The Kier molecular flexibility index (Phi) is 4.61. The Morgan fingerprint density at radius 3 is 2.44 bits per heavy atom. The minimum absolute atomic E-state index is 0.339.